The molecule has 0 amide bonds. The van der Waals surface area contributed by atoms with Gasteiger partial charge in [0.25, 0.3) is 10.0 Å². The number of rotatable bonds is 6. The number of anilines is 1. The van der Waals surface area contributed by atoms with Crippen LogP contribution in [0.5, 0.6) is 0 Å². The number of fused-ring (bicyclic) bond motifs is 1. The van der Waals surface area contributed by atoms with Crippen LogP contribution >= 0.6 is 11.3 Å². The zero-order chi connectivity index (χ0) is 21.4. The smallest absolute Gasteiger partial charge is 0.252 e. The van der Waals surface area contributed by atoms with Crippen molar-refractivity contribution >= 4 is 37.1 Å². The zero-order valence-electron chi connectivity index (χ0n) is 16.4. The molecule has 158 valence electrons. The molecule has 3 aromatic rings. The predicted molar refractivity (Wildman–Crippen MR) is 119 cm³/mol. The number of thiophene rings is 1. The number of nitrogens with one attached hydrogen (secondary N) is 1. The van der Waals surface area contributed by atoms with Gasteiger partial charge in [0.2, 0.25) is 10.0 Å². The molecule has 30 heavy (non-hydrogen) atoms. The summed E-state index contributed by atoms with van der Waals surface area (Å²) in [6.07, 6.45) is 0.593. The van der Waals surface area contributed by atoms with Crippen molar-refractivity contribution in [1.82, 2.24) is 4.31 Å². The highest BCUT2D eigenvalue weighted by atomic mass is 32.2. The van der Waals surface area contributed by atoms with Crippen LogP contribution in [0.1, 0.15) is 22.3 Å². The maximum atomic E-state index is 12.8. The lowest BCUT2D eigenvalue weighted by molar-refractivity contribution is 0.392. The molecule has 0 saturated heterocycles. The third-order valence-electron chi connectivity index (χ3n) is 5.15. The van der Waals surface area contributed by atoms with Crippen LogP contribution in [0.2, 0.25) is 0 Å². The third kappa shape index (κ3) is 4.44. The van der Waals surface area contributed by atoms with E-state index in [1.54, 1.807) is 35.7 Å². The minimum Gasteiger partial charge on any atom is -0.283 e. The van der Waals surface area contributed by atoms with Gasteiger partial charge in [-0.15, -0.1) is 11.3 Å². The van der Waals surface area contributed by atoms with Crippen LogP contribution in [0.25, 0.3) is 0 Å². The molecule has 1 aromatic heterocycles. The van der Waals surface area contributed by atoms with E-state index in [9.17, 15) is 16.8 Å². The monoisotopic (exact) mass is 462 g/mol. The van der Waals surface area contributed by atoms with Crippen LogP contribution in [-0.2, 0) is 38.8 Å². The summed E-state index contributed by atoms with van der Waals surface area (Å²) in [6.45, 7) is 2.51. The second-order valence-corrected chi connectivity index (χ2v) is 12.1. The zero-order valence-corrected chi connectivity index (χ0v) is 18.9. The topological polar surface area (TPSA) is 83.6 Å². The molecule has 1 aliphatic heterocycles. The number of benzene rings is 2. The average Bonchev–Trinajstić information content (AvgIpc) is 3.24. The lowest BCUT2D eigenvalue weighted by atomic mass is 10.0. The third-order valence-corrected chi connectivity index (χ3v) is 9.61. The highest BCUT2D eigenvalue weighted by molar-refractivity contribution is 7.92. The largest absolute Gasteiger partial charge is 0.283 e. The molecule has 4 rings (SSSR count). The van der Waals surface area contributed by atoms with Crippen LogP contribution in [0, 0.1) is 6.92 Å². The van der Waals surface area contributed by atoms with E-state index in [-0.39, 0.29) is 12.3 Å². The number of aryl methyl sites for hydroxylation is 1. The first kappa shape index (κ1) is 21.0. The molecule has 6 nitrogen and oxygen atoms in total. The van der Waals surface area contributed by atoms with Crippen molar-refractivity contribution in [2.75, 3.05) is 11.3 Å². The average molecular weight is 463 g/mol. The van der Waals surface area contributed by atoms with Gasteiger partial charge in [0.15, 0.2) is 0 Å². The molecule has 1 aliphatic rings. The van der Waals surface area contributed by atoms with Gasteiger partial charge in [-0.2, -0.15) is 4.31 Å². The molecule has 9 heteroatoms. The maximum absolute atomic E-state index is 12.8. The SMILES string of the molecule is Cc1ccccc1CS(=O)(=O)Nc1ccc2c(c1)CN(S(=O)(=O)c1cccs1)CC2. The van der Waals surface area contributed by atoms with E-state index in [1.807, 2.05) is 31.2 Å². The highest BCUT2D eigenvalue weighted by Gasteiger charge is 2.29. The molecule has 0 aliphatic carbocycles. The first-order chi connectivity index (χ1) is 14.2. The van der Waals surface area contributed by atoms with Crippen LogP contribution in [-0.4, -0.2) is 27.7 Å². The minimum absolute atomic E-state index is 0.115. The number of hydrogen-bond donors (Lipinski definition) is 1. The summed E-state index contributed by atoms with van der Waals surface area (Å²) in [5.74, 6) is -0.115. The van der Waals surface area contributed by atoms with Crippen molar-refractivity contribution in [3.63, 3.8) is 0 Å². The number of nitrogens with zero attached hydrogens (tertiary/aromatic N) is 1. The Morgan fingerprint density at radius 3 is 2.53 bits per heavy atom. The fourth-order valence-electron chi connectivity index (χ4n) is 3.53. The van der Waals surface area contributed by atoms with Crippen molar-refractivity contribution in [2.24, 2.45) is 0 Å². The molecule has 0 atom stereocenters. The molecular formula is C21H22N2O4S3. The maximum Gasteiger partial charge on any atom is 0.252 e. The molecular weight excluding hydrogens is 440 g/mol. The summed E-state index contributed by atoms with van der Waals surface area (Å²) in [5.41, 5.74) is 3.96. The Hall–Kier alpha value is -2.20. The second kappa shape index (κ2) is 8.14. The second-order valence-electron chi connectivity index (χ2n) is 7.29. The summed E-state index contributed by atoms with van der Waals surface area (Å²) < 4.78 is 55.4. The summed E-state index contributed by atoms with van der Waals surface area (Å²) in [5, 5.41) is 1.74. The van der Waals surface area contributed by atoms with Crippen molar-refractivity contribution in [1.29, 1.82) is 0 Å². The lowest BCUT2D eigenvalue weighted by Gasteiger charge is -2.28. The van der Waals surface area contributed by atoms with Gasteiger partial charge < -0.3 is 0 Å². The Morgan fingerprint density at radius 2 is 1.80 bits per heavy atom. The van der Waals surface area contributed by atoms with Crippen LogP contribution in [0.15, 0.2) is 64.2 Å². The van der Waals surface area contributed by atoms with E-state index >= 15 is 0 Å². The Balaban J connectivity index is 1.54. The molecule has 2 aromatic carbocycles. The summed E-state index contributed by atoms with van der Waals surface area (Å²) in [4.78, 5) is 0. The standard InChI is InChI=1S/C21H22N2O4S3/c1-16-5-2-3-6-18(16)15-29(24,25)22-20-9-8-17-10-11-23(14-19(17)13-20)30(26,27)21-7-4-12-28-21/h2-9,12-13,22H,10-11,14-15H2,1H3. The van der Waals surface area contributed by atoms with E-state index in [0.717, 1.165) is 22.3 Å². The van der Waals surface area contributed by atoms with Gasteiger partial charge in [0.05, 0.1) is 5.75 Å². The summed E-state index contributed by atoms with van der Waals surface area (Å²) in [7, 11) is -7.14. The quantitative estimate of drug-likeness (QED) is 0.605. The van der Waals surface area contributed by atoms with E-state index in [2.05, 4.69) is 4.72 Å². The van der Waals surface area contributed by atoms with Crippen LogP contribution in [0.3, 0.4) is 0 Å². The Labute approximate surface area is 181 Å². The fourth-order valence-corrected chi connectivity index (χ4v) is 7.38. The Bertz CT molecular complexity index is 1270. The van der Waals surface area contributed by atoms with Gasteiger partial charge in [-0.1, -0.05) is 36.4 Å². The van der Waals surface area contributed by atoms with E-state index in [1.165, 1.54) is 15.6 Å². The fraction of sp³-hybridized carbons (Fsp3) is 0.238. The van der Waals surface area contributed by atoms with Gasteiger partial charge in [0.1, 0.15) is 4.21 Å². The summed E-state index contributed by atoms with van der Waals surface area (Å²) in [6, 6.07) is 16.0. The first-order valence-electron chi connectivity index (χ1n) is 9.45. The minimum atomic E-state index is -3.59. The number of hydrogen-bond acceptors (Lipinski definition) is 5. The van der Waals surface area contributed by atoms with Crippen molar-refractivity contribution in [2.45, 2.75) is 29.9 Å². The molecule has 2 heterocycles. The predicted octanol–water partition coefficient (Wildman–Crippen LogP) is 3.75. The number of sulfonamides is 2. The molecule has 1 N–H and O–H groups in total. The van der Waals surface area contributed by atoms with Crippen LogP contribution in [0.4, 0.5) is 5.69 Å². The van der Waals surface area contributed by atoms with Gasteiger partial charge in [-0.25, -0.2) is 16.8 Å². The molecule has 0 unspecified atom stereocenters. The molecule has 0 fully saturated rings. The van der Waals surface area contributed by atoms with Crippen molar-refractivity contribution in [3.05, 3.63) is 82.2 Å². The normalized spacial score (nSPS) is 15.0. The van der Waals surface area contributed by atoms with Gasteiger partial charge in [-0.05, 0) is 59.2 Å². The summed E-state index contributed by atoms with van der Waals surface area (Å²) >= 11 is 1.20. The first-order valence-corrected chi connectivity index (χ1v) is 13.4. The van der Waals surface area contributed by atoms with E-state index < -0.39 is 20.0 Å². The van der Waals surface area contributed by atoms with E-state index in [0.29, 0.717) is 22.9 Å². The van der Waals surface area contributed by atoms with Crippen LogP contribution < -0.4 is 4.72 Å². The molecule has 0 saturated carbocycles. The molecule has 0 bridgehead atoms. The highest BCUT2D eigenvalue weighted by Crippen LogP contribution is 2.29. The van der Waals surface area contributed by atoms with Crippen molar-refractivity contribution < 1.29 is 16.8 Å². The molecule has 0 spiro atoms. The van der Waals surface area contributed by atoms with Gasteiger partial charge in [0, 0.05) is 18.8 Å². The van der Waals surface area contributed by atoms with E-state index in [4.69, 9.17) is 0 Å². The Kier molecular flexibility index (Phi) is 5.71. The van der Waals surface area contributed by atoms with Crippen molar-refractivity contribution in [3.8, 4) is 0 Å². The lowest BCUT2D eigenvalue weighted by Crippen LogP contribution is -2.35. The van der Waals surface area contributed by atoms with Gasteiger partial charge >= 0.3 is 0 Å². The Morgan fingerprint density at radius 1 is 1.00 bits per heavy atom. The molecule has 0 radical (unpaired) electrons. The van der Waals surface area contributed by atoms with Gasteiger partial charge in [-0.3, -0.25) is 4.72 Å².